The number of hydrogen-bond acceptors (Lipinski definition) is 10. The van der Waals surface area contributed by atoms with Crippen LogP contribution in [-0.2, 0) is 43.9 Å². The van der Waals surface area contributed by atoms with E-state index in [1.54, 1.807) is 39.3 Å². The molecule has 144 valence electrons. The van der Waals surface area contributed by atoms with Crippen LogP contribution in [0.2, 0.25) is 39.3 Å². The minimum absolute atomic E-state index is 0.936. The molecule has 1 fully saturated rings. The summed E-state index contributed by atoms with van der Waals surface area (Å²) in [5.41, 5.74) is 0. The standard InChI is InChI=1S/C8H24O10P4Si2/c1-19(9)13-20(2,10)15-22(12,18-24(6,7)8)16-21(11,14-19)17-23(3,4)5/h1-8H3. The Morgan fingerprint density at radius 2 is 0.875 bits per heavy atom. The molecule has 0 N–H and O–H groups in total. The van der Waals surface area contributed by atoms with Crippen LogP contribution >= 0.6 is 30.8 Å². The Kier molecular flexibility index (Phi) is 6.69. The first kappa shape index (κ1) is 23.2. The van der Waals surface area contributed by atoms with Gasteiger partial charge >= 0.3 is 30.8 Å². The van der Waals surface area contributed by atoms with Gasteiger partial charge in [0, 0.05) is 13.3 Å². The zero-order valence-electron chi connectivity index (χ0n) is 14.9. The van der Waals surface area contributed by atoms with Gasteiger partial charge in [-0.2, -0.15) is 4.31 Å². The van der Waals surface area contributed by atoms with Crippen molar-refractivity contribution in [2.75, 3.05) is 13.3 Å². The average molecular weight is 460 g/mol. The summed E-state index contributed by atoms with van der Waals surface area (Å²) >= 11 is 0. The van der Waals surface area contributed by atoms with Crippen LogP contribution in [0.5, 0.6) is 0 Å². The van der Waals surface area contributed by atoms with Gasteiger partial charge in [-0.3, -0.25) is 9.13 Å². The maximum atomic E-state index is 12.9. The summed E-state index contributed by atoms with van der Waals surface area (Å²) < 4.78 is 80.4. The van der Waals surface area contributed by atoms with Gasteiger partial charge in [0.05, 0.1) is 0 Å². The molecule has 0 bridgehead atoms. The molecule has 0 spiro atoms. The zero-order chi connectivity index (χ0) is 19.2. The van der Waals surface area contributed by atoms with Gasteiger partial charge in [-0.15, -0.1) is 0 Å². The van der Waals surface area contributed by atoms with Gasteiger partial charge in [-0.1, -0.05) is 0 Å². The van der Waals surface area contributed by atoms with E-state index in [1.165, 1.54) is 0 Å². The first-order chi connectivity index (χ1) is 10.2. The van der Waals surface area contributed by atoms with Gasteiger partial charge in [0.25, 0.3) is 0 Å². The molecule has 1 saturated heterocycles. The SMILES string of the molecule is C[Si](C)(C)OP1(=O)OP(C)(=O)OP(C)(=O)OP(=O)(O[Si](C)(C)C)O1. The predicted octanol–water partition coefficient (Wildman–Crippen LogP) is 5.63. The number of hydrogen-bond donors (Lipinski definition) is 0. The Hall–Kier alpha value is 1.11. The fraction of sp³-hybridized carbons (Fsp3) is 1.00. The van der Waals surface area contributed by atoms with Crippen LogP contribution in [0.25, 0.3) is 0 Å². The summed E-state index contributed by atoms with van der Waals surface area (Å²) in [6, 6.07) is 0. The topological polar surface area (TPSA) is 124 Å². The lowest BCUT2D eigenvalue weighted by atomic mass is 11.8. The molecule has 0 saturated carbocycles. The quantitative estimate of drug-likeness (QED) is 0.385. The highest BCUT2D eigenvalue weighted by atomic mass is 31.3. The van der Waals surface area contributed by atoms with Crippen LogP contribution in [0.3, 0.4) is 0 Å². The highest BCUT2D eigenvalue weighted by Crippen LogP contribution is 2.82. The highest BCUT2D eigenvalue weighted by Gasteiger charge is 2.54. The normalized spacial score (nSPS) is 42.3. The van der Waals surface area contributed by atoms with E-state index in [2.05, 4.69) is 0 Å². The molecule has 0 aliphatic carbocycles. The van der Waals surface area contributed by atoms with E-state index in [-0.39, 0.29) is 0 Å². The van der Waals surface area contributed by atoms with Gasteiger partial charge in [-0.05, 0) is 39.3 Å². The van der Waals surface area contributed by atoms with Gasteiger partial charge in [0.2, 0.25) is 0 Å². The molecule has 1 rings (SSSR count). The molecule has 0 radical (unpaired) electrons. The maximum absolute atomic E-state index is 12.9. The van der Waals surface area contributed by atoms with E-state index >= 15 is 0 Å². The second-order valence-electron chi connectivity index (χ2n) is 7.17. The molecule has 0 amide bonds. The van der Waals surface area contributed by atoms with Crippen molar-refractivity contribution in [2.45, 2.75) is 39.3 Å². The lowest BCUT2D eigenvalue weighted by Crippen LogP contribution is -2.27. The van der Waals surface area contributed by atoms with Crippen molar-refractivity contribution < 1.29 is 43.9 Å². The van der Waals surface area contributed by atoms with E-state index in [0.717, 1.165) is 13.3 Å². The van der Waals surface area contributed by atoms with Crippen LogP contribution in [0.1, 0.15) is 0 Å². The van der Waals surface area contributed by atoms with Crippen molar-refractivity contribution in [3.63, 3.8) is 0 Å². The second kappa shape index (κ2) is 6.93. The van der Waals surface area contributed by atoms with Crippen LogP contribution in [-0.4, -0.2) is 30.0 Å². The molecule has 0 aromatic rings. The summed E-state index contributed by atoms with van der Waals surface area (Å²) in [6.07, 6.45) is 0. The van der Waals surface area contributed by atoms with Gasteiger partial charge in [0.15, 0.2) is 16.6 Å². The van der Waals surface area contributed by atoms with E-state index in [1.807, 2.05) is 0 Å². The Bertz CT molecular complexity index is 623. The average Bonchev–Trinajstić information content (AvgIpc) is 1.98. The third kappa shape index (κ3) is 8.21. The van der Waals surface area contributed by atoms with Crippen molar-refractivity contribution in [1.82, 2.24) is 0 Å². The van der Waals surface area contributed by atoms with Crippen LogP contribution in [0.4, 0.5) is 0 Å². The summed E-state index contributed by atoms with van der Waals surface area (Å²) in [6.45, 7) is 11.8. The first-order valence-corrected chi connectivity index (χ1v) is 20.6. The molecule has 10 nitrogen and oxygen atoms in total. The third-order valence-electron chi connectivity index (χ3n) is 1.76. The molecular formula is C8H24O10P4Si2. The second-order valence-corrected chi connectivity index (χ2v) is 24.6. The van der Waals surface area contributed by atoms with Gasteiger partial charge in [0.1, 0.15) is 0 Å². The summed E-state index contributed by atoms with van der Waals surface area (Å²) in [5.74, 6) is 0. The smallest absolute Gasteiger partial charge is 0.329 e. The van der Waals surface area contributed by atoms with Crippen molar-refractivity contribution in [2.24, 2.45) is 0 Å². The van der Waals surface area contributed by atoms with Crippen LogP contribution in [0.15, 0.2) is 0 Å². The van der Waals surface area contributed by atoms with Crippen LogP contribution in [0, 0.1) is 0 Å². The minimum Gasteiger partial charge on any atom is -0.329 e. The fourth-order valence-corrected chi connectivity index (χ4v) is 16.2. The zero-order valence-corrected chi connectivity index (χ0v) is 20.4. The van der Waals surface area contributed by atoms with Crippen LogP contribution < -0.4 is 0 Å². The largest absolute Gasteiger partial charge is 0.481 e. The van der Waals surface area contributed by atoms with Crippen molar-refractivity contribution in [3.05, 3.63) is 0 Å². The summed E-state index contributed by atoms with van der Waals surface area (Å²) in [7, 11) is -22.6. The molecule has 1 heterocycles. The molecule has 4 atom stereocenters. The molecule has 16 heteroatoms. The van der Waals surface area contributed by atoms with Gasteiger partial charge in [-0.25, -0.2) is 22.1 Å². The molecule has 4 unspecified atom stereocenters. The van der Waals surface area contributed by atoms with E-state index in [4.69, 9.17) is 25.7 Å². The fourth-order valence-electron chi connectivity index (χ4n) is 1.55. The molecular weight excluding hydrogens is 436 g/mol. The Labute approximate surface area is 144 Å². The monoisotopic (exact) mass is 460 g/mol. The highest BCUT2D eigenvalue weighted by molar-refractivity contribution is 7.78. The minimum atomic E-state index is -4.63. The van der Waals surface area contributed by atoms with Crippen molar-refractivity contribution in [1.29, 1.82) is 0 Å². The van der Waals surface area contributed by atoms with Crippen molar-refractivity contribution in [3.8, 4) is 0 Å². The summed E-state index contributed by atoms with van der Waals surface area (Å²) in [4.78, 5) is 0. The van der Waals surface area contributed by atoms with E-state index in [9.17, 15) is 18.3 Å². The Morgan fingerprint density at radius 1 is 0.583 bits per heavy atom. The predicted molar refractivity (Wildman–Crippen MR) is 95.5 cm³/mol. The number of phosphoric acid groups is 2. The molecule has 0 aromatic carbocycles. The third-order valence-corrected chi connectivity index (χ3v) is 15.9. The molecule has 1 aliphatic rings. The lowest BCUT2D eigenvalue weighted by molar-refractivity contribution is 0.214. The molecule has 24 heavy (non-hydrogen) atoms. The maximum Gasteiger partial charge on any atom is 0.481 e. The van der Waals surface area contributed by atoms with Crippen molar-refractivity contribution >= 4 is 47.5 Å². The first-order valence-electron chi connectivity index (χ1n) is 6.86. The molecule has 1 aliphatic heterocycles. The molecule has 0 aromatic heterocycles. The lowest BCUT2D eigenvalue weighted by Gasteiger charge is -2.34. The Morgan fingerprint density at radius 3 is 1.12 bits per heavy atom. The number of rotatable bonds is 4. The van der Waals surface area contributed by atoms with E-state index < -0.39 is 47.5 Å². The van der Waals surface area contributed by atoms with Gasteiger partial charge < -0.3 is 8.43 Å². The summed E-state index contributed by atoms with van der Waals surface area (Å²) in [5, 5.41) is 0. The van der Waals surface area contributed by atoms with E-state index in [0.29, 0.717) is 0 Å². The Balaban J connectivity index is 3.38.